The van der Waals surface area contributed by atoms with Crippen LogP contribution in [0.4, 0.5) is 19.0 Å². The summed E-state index contributed by atoms with van der Waals surface area (Å²) in [6.45, 7) is 4.92. The fourth-order valence-corrected chi connectivity index (χ4v) is 2.11. The number of hydrogen-bond donors (Lipinski definition) is 1. The standard InChI is InChI=1S/C14H17F3N4/c1-10-9-11(2)21(20-10)8-4-7-19-13-12(14(15,16)17)5-3-6-18-13/h3,5-6,9H,4,7-8H2,1-2H3,(H,18,19). The van der Waals surface area contributed by atoms with E-state index in [4.69, 9.17) is 0 Å². The molecule has 1 N–H and O–H groups in total. The minimum Gasteiger partial charge on any atom is -0.370 e. The van der Waals surface area contributed by atoms with E-state index >= 15 is 0 Å². The highest BCUT2D eigenvalue weighted by atomic mass is 19.4. The molecule has 2 heterocycles. The maximum atomic E-state index is 12.8. The van der Waals surface area contributed by atoms with Crippen molar-refractivity contribution >= 4 is 5.82 Å². The molecular weight excluding hydrogens is 281 g/mol. The van der Waals surface area contributed by atoms with Gasteiger partial charge in [-0.2, -0.15) is 18.3 Å². The molecule has 7 heteroatoms. The second-order valence-electron chi connectivity index (χ2n) is 4.83. The third-order valence-corrected chi connectivity index (χ3v) is 3.06. The molecular formula is C14H17F3N4. The highest BCUT2D eigenvalue weighted by molar-refractivity contribution is 5.45. The van der Waals surface area contributed by atoms with Gasteiger partial charge in [-0.15, -0.1) is 0 Å². The van der Waals surface area contributed by atoms with E-state index in [9.17, 15) is 13.2 Å². The average molecular weight is 298 g/mol. The van der Waals surface area contributed by atoms with E-state index in [1.165, 1.54) is 12.3 Å². The lowest BCUT2D eigenvalue weighted by molar-refractivity contribution is -0.137. The molecule has 0 bridgehead atoms. The van der Waals surface area contributed by atoms with Gasteiger partial charge in [-0.3, -0.25) is 4.68 Å². The highest BCUT2D eigenvalue weighted by Crippen LogP contribution is 2.33. The molecule has 0 unspecified atom stereocenters. The van der Waals surface area contributed by atoms with Crippen molar-refractivity contribution in [2.75, 3.05) is 11.9 Å². The minimum atomic E-state index is -4.40. The molecule has 21 heavy (non-hydrogen) atoms. The summed E-state index contributed by atoms with van der Waals surface area (Å²) in [5.74, 6) is -0.127. The van der Waals surface area contributed by atoms with Crippen LogP contribution < -0.4 is 5.32 Å². The van der Waals surface area contributed by atoms with Gasteiger partial charge >= 0.3 is 6.18 Å². The molecule has 114 valence electrons. The monoisotopic (exact) mass is 298 g/mol. The Hall–Kier alpha value is -2.05. The van der Waals surface area contributed by atoms with E-state index in [1.807, 2.05) is 24.6 Å². The number of aryl methyl sites for hydroxylation is 3. The maximum Gasteiger partial charge on any atom is 0.419 e. The number of hydrogen-bond acceptors (Lipinski definition) is 3. The first kappa shape index (κ1) is 15.3. The third kappa shape index (κ3) is 3.96. The number of nitrogens with zero attached hydrogens (tertiary/aromatic N) is 3. The van der Waals surface area contributed by atoms with Crippen LogP contribution in [0.3, 0.4) is 0 Å². The fourth-order valence-electron chi connectivity index (χ4n) is 2.11. The van der Waals surface area contributed by atoms with Gasteiger partial charge < -0.3 is 5.32 Å². The SMILES string of the molecule is Cc1cc(C)n(CCCNc2ncccc2C(F)(F)F)n1. The van der Waals surface area contributed by atoms with Crippen molar-refractivity contribution < 1.29 is 13.2 Å². The molecule has 0 spiro atoms. The molecule has 0 radical (unpaired) electrons. The number of aromatic nitrogens is 3. The van der Waals surface area contributed by atoms with Crippen molar-refractivity contribution in [3.63, 3.8) is 0 Å². The van der Waals surface area contributed by atoms with Gasteiger partial charge in [0.2, 0.25) is 0 Å². The molecule has 0 aliphatic carbocycles. The van der Waals surface area contributed by atoms with Crippen molar-refractivity contribution in [2.24, 2.45) is 0 Å². The molecule has 0 saturated carbocycles. The lowest BCUT2D eigenvalue weighted by Crippen LogP contribution is -2.14. The van der Waals surface area contributed by atoms with Crippen molar-refractivity contribution in [1.82, 2.24) is 14.8 Å². The van der Waals surface area contributed by atoms with Gasteiger partial charge in [0, 0.05) is 25.0 Å². The zero-order valence-electron chi connectivity index (χ0n) is 11.9. The van der Waals surface area contributed by atoms with Gasteiger partial charge in [0.05, 0.1) is 11.3 Å². The third-order valence-electron chi connectivity index (χ3n) is 3.06. The van der Waals surface area contributed by atoms with Crippen LogP contribution in [0.15, 0.2) is 24.4 Å². The predicted octanol–water partition coefficient (Wildman–Crippen LogP) is 3.42. The van der Waals surface area contributed by atoms with Crippen LogP contribution in [-0.4, -0.2) is 21.3 Å². The molecule has 0 aliphatic rings. The molecule has 4 nitrogen and oxygen atoms in total. The lowest BCUT2D eigenvalue weighted by Gasteiger charge is -2.13. The summed E-state index contributed by atoms with van der Waals surface area (Å²) in [7, 11) is 0. The molecule has 0 aliphatic heterocycles. The zero-order chi connectivity index (χ0) is 15.5. The maximum absolute atomic E-state index is 12.8. The smallest absolute Gasteiger partial charge is 0.370 e. The Balaban J connectivity index is 1.91. The normalized spacial score (nSPS) is 11.7. The van der Waals surface area contributed by atoms with Crippen LogP contribution >= 0.6 is 0 Å². The number of rotatable bonds is 5. The van der Waals surface area contributed by atoms with Crippen molar-refractivity contribution in [2.45, 2.75) is 33.0 Å². The number of pyridine rings is 1. The number of alkyl halides is 3. The molecule has 0 aromatic carbocycles. The largest absolute Gasteiger partial charge is 0.419 e. The summed E-state index contributed by atoms with van der Waals surface area (Å²) >= 11 is 0. The van der Waals surface area contributed by atoms with E-state index in [1.54, 1.807) is 0 Å². The van der Waals surface area contributed by atoms with Gasteiger partial charge in [0.25, 0.3) is 0 Å². The van der Waals surface area contributed by atoms with Crippen LogP contribution in [-0.2, 0) is 12.7 Å². The highest BCUT2D eigenvalue weighted by Gasteiger charge is 2.33. The van der Waals surface area contributed by atoms with E-state index in [0.717, 1.165) is 17.5 Å². The van der Waals surface area contributed by atoms with Crippen LogP contribution in [0.25, 0.3) is 0 Å². The predicted molar refractivity (Wildman–Crippen MR) is 74.0 cm³/mol. The van der Waals surface area contributed by atoms with Crippen LogP contribution in [0.2, 0.25) is 0 Å². The summed E-state index contributed by atoms with van der Waals surface area (Å²) in [6.07, 6.45) is -2.39. The molecule has 2 rings (SSSR count). The molecule has 0 saturated heterocycles. The topological polar surface area (TPSA) is 42.7 Å². The number of anilines is 1. The summed E-state index contributed by atoms with van der Waals surface area (Å²) in [4.78, 5) is 3.76. The van der Waals surface area contributed by atoms with Gasteiger partial charge in [0.15, 0.2) is 0 Å². The van der Waals surface area contributed by atoms with Gasteiger partial charge in [0.1, 0.15) is 5.82 Å². The van der Waals surface area contributed by atoms with Crippen LogP contribution in [0.1, 0.15) is 23.4 Å². The Kier molecular flexibility index (Phi) is 4.50. The number of halogens is 3. The van der Waals surface area contributed by atoms with Crippen molar-refractivity contribution in [3.05, 3.63) is 41.3 Å². The fraction of sp³-hybridized carbons (Fsp3) is 0.429. The summed E-state index contributed by atoms with van der Waals surface area (Å²) < 4.78 is 40.2. The Morgan fingerprint density at radius 1 is 1.29 bits per heavy atom. The van der Waals surface area contributed by atoms with Crippen LogP contribution in [0.5, 0.6) is 0 Å². The van der Waals surface area contributed by atoms with E-state index < -0.39 is 11.7 Å². The van der Waals surface area contributed by atoms with Gasteiger partial charge in [-0.25, -0.2) is 4.98 Å². The van der Waals surface area contributed by atoms with Crippen molar-refractivity contribution in [3.8, 4) is 0 Å². The summed E-state index contributed by atoms with van der Waals surface area (Å²) in [6, 6.07) is 4.27. The minimum absolute atomic E-state index is 0.127. The molecule has 2 aromatic rings. The Morgan fingerprint density at radius 3 is 2.67 bits per heavy atom. The molecule has 0 fully saturated rings. The van der Waals surface area contributed by atoms with Crippen molar-refractivity contribution in [1.29, 1.82) is 0 Å². The average Bonchev–Trinajstić information content (AvgIpc) is 2.72. The van der Waals surface area contributed by atoms with E-state index in [-0.39, 0.29) is 5.82 Å². The molecule has 0 atom stereocenters. The quantitative estimate of drug-likeness (QED) is 0.860. The van der Waals surface area contributed by atoms with Gasteiger partial charge in [-0.05, 0) is 38.5 Å². The van der Waals surface area contributed by atoms with E-state index in [0.29, 0.717) is 19.5 Å². The van der Waals surface area contributed by atoms with Crippen LogP contribution in [0, 0.1) is 13.8 Å². The molecule has 0 amide bonds. The second kappa shape index (κ2) is 6.15. The Bertz CT molecular complexity index is 605. The van der Waals surface area contributed by atoms with Gasteiger partial charge in [-0.1, -0.05) is 0 Å². The second-order valence-corrected chi connectivity index (χ2v) is 4.83. The first-order valence-corrected chi connectivity index (χ1v) is 6.65. The Morgan fingerprint density at radius 2 is 2.05 bits per heavy atom. The lowest BCUT2D eigenvalue weighted by atomic mass is 10.2. The van der Waals surface area contributed by atoms with E-state index in [2.05, 4.69) is 15.4 Å². The Labute approximate surface area is 121 Å². The number of nitrogens with one attached hydrogen (secondary N) is 1. The first-order chi connectivity index (χ1) is 9.88. The summed E-state index contributed by atoms with van der Waals surface area (Å²) in [5.41, 5.74) is 1.24. The zero-order valence-corrected chi connectivity index (χ0v) is 11.9. The summed E-state index contributed by atoms with van der Waals surface area (Å²) in [5, 5.41) is 7.05. The molecule has 2 aromatic heterocycles. The first-order valence-electron chi connectivity index (χ1n) is 6.65.